The second-order valence-electron chi connectivity index (χ2n) is 4.49. The third-order valence-electron chi connectivity index (χ3n) is 3.35. The molecule has 98 valence electrons. The van der Waals surface area contributed by atoms with Gasteiger partial charge in [-0.1, -0.05) is 12.1 Å². The summed E-state index contributed by atoms with van der Waals surface area (Å²) in [6.07, 6.45) is 0. The van der Waals surface area contributed by atoms with Gasteiger partial charge in [0.2, 0.25) is 0 Å². The van der Waals surface area contributed by atoms with Crippen LogP contribution in [0.4, 0.5) is 0 Å². The van der Waals surface area contributed by atoms with Crippen LogP contribution < -0.4 is 10.3 Å². The van der Waals surface area contributed by atoms with Crippen LogP contribution in [0.15, 0.2) is 51.7 Å². The first-order chi connectivity index (χ1) is 9.78. The number of benzene rings is 2. The molecule has 2 aromatic carbocycles. The molecular weight excluding hydrogens is 256 g/mol. The summed E-state index contributed by atoms with van der Waals surface area (Å²) in [4.78, 5) is 16.9. The van der Waals surface area contributed by atoms with Crippen LogP contribution in [-0.4, -0.2) is 16.5 Å². The molecule has 0 bridgehead atoms. The zero-order valence-electron chi connectivity index (χ0n) is 10.7. The molecule has 0 radical (unpaired) electrons. The minimum atomic E-state index is -0.141. The van der Waals surface area contributed by atoms with Crippen molar-refractivity contribution in [1.82, 2.24) is 9.38 Å². The summed E-state index contributed by atoms with van der Waals surface area (Å²) in [5.74, 6) is 0.962. The van der Waals surface area contributed by atoms with Crippen LogP contribution in [0.25, 0.3) is 27.8 Å². The Bertz CT molecular complexity index is 1010. The van der Waals surface area contributed by atoms with Crippen molar-refractivity contribution in [2.45, 2.75) is 0 Å². The molecule has 0 amide bonds. The lowest BCUT2D eigenvalue weighted by Crippen LogP contribution is -2.12. The highest BCUT2D eigenvalue weighted by Crippen LogP contribution is 2.22. The van der Waals surface area contributed by atoms with Crippen LogP contribution in [0.5, 0.6) is 5.75 Å². The summed E-state index contributed by atoms with van der Waals surface area (Å²) in [6, 6.07) is 12.5. The van der Waals surface area contributed by atoms with Gasteiger partial charge in [-0.15, -0.1) is 0 Å². The normalized spacial score (nSPS) is 11.4. The Morgan fingerprint density at radius 1 is 1.20 bits per heavy atom. The quantitative estimate of drug-likeness (QED) is 0.531. The maximum Gasteiger partial charge on any atom is 0.310 e. The van der Waals surface area contributed by atoms with Crippen molar-refractivity contribution >= 4 is 27.8 Å². The van der Waals surface area contributed by atoms with Crippen molar-refractivity contribution in [2.75, 3.05) is 7.11 Å². The Labute approximate surface area is 113 Å². The average molecular weight is 266 g/mol. The van der Waals surface area contributed by atoms with E-state index in [4.69, 9.17) is 9.15 Å². The number of nitrogens with zero attached hydrogens (tertiary/aromatic N) is 2. The van der Waals surface area contributed by atoms with E-state index in [0.717, 1.165) is 0 Å². The second kappa shape index (κ2) is 3.84. The average Bonchev–Trinajstić information content (AvgIpc) is 2.84. The molecule has 5 heteroatoms. The van der Waals surface area contributed by atoms with Gasteiger partial charge in [-0.25, -0.2) is 4.40 Å². The van der Waals surface area contributed by atoms with Gasteiger partial charge in [0.25, 0.3) is 5.56 Å². The topological polar surface area (TPSA) is 56.7 Å². The second-order valence-corrected chi connectivity index (χ2v) is 4.49. The van der Waals surface area contributed by atoms with E-state index in [1.807, 2.05) is 12.1 Å². The molecule has 0 unspecified atom stereocenters. The fraction of sp³-hybridized carbons (Fsp3) is 0.0667. The van der Waals surface area contributed by atoms with Crippen LogP contribution in [0.2, 0.25) is 0 Å². The standard InChI is InChI=1S/C15H10N2O3/c1-19-9-6-7-11-12(8-9)17-14(18)10-4-2-3-5-13(10)20-15(17)16-11/h2-8H,1H3. The van der Waals surface area contributed by atoms with Crippen LogP contribution in [0.1, 0.15) is 0 Å². The number of methoxy groups -OCH3 is 1. The molecule has 0 atom stereocenters. The van der Waals surface area contributed by atoms with E-state index in [9.17, 15) is 4.79 Å². The molecule has 5 nitrogen and oxygen atoms in total. The number of ether oxygens (including phenoxy) is 1. The molecule has 4 rings (SSSR count). The Morgan fingerprint density at radius 3 is 2.90 bits per heavy atom. The lowest BCUT2D eigenvalue weighted by Gasteiger charge is -2.00. The summed E-state index contributed by atoms with van der Waals surface area (Å²) >= 11 is 0. The highest BCUT2D eigenvalue weighted by molar-refractivity contribution is 5.84. The first kappa shape index (κ1) is 11.0. The number of rotatable bonds is 1. The van der Waals surface area contributed by atoms with E-state index in [2.05, 4.69) is 4.98 Å². The predicted octanol–water partition coefficient (Wildman–Crippen LogP) is 2.60. The molecule has 0 spiro atoms. The van der Waals surface area contributed by atoms with Gasteiger partial charge in [-0.05, 0) is 24.3 Å². The van der Waals surface area contributed by atoms with Crippen molar-refractivity contribution in [1.29, 1.82) is 0 Å². The van der Waals surface area contributed by atoms with Gasteiger partial charge in [-0.3, -0.25) is 4.79 Å². The lowest BCUT2D eigenvalue weighted by atomic mass is 10.2. The van der Waals surface area contributed by atoms with E-state index < -0.39 is 0 Å². The minimum Gasteiger partial charge on any atom is -0.497 e. The van der Waals surface area contributed by atoms with Crippen LogP contribution >= 0.6 is 0 Å². The van der Waals surface area contributed by atoms with Crippen LogP contribution in [-0.2, 0) is 0 Å². The van der Waals surface area contributed by atoms with Crippen molar-refractivity contribution < 1.29 is 9.15 Å². The van der Waals surface area contributed by atoms with Crippen molar-refractivity contribution in [3.8, 4) is 5.75 Å². The molecule has 0 N–H and O–H groups in total. The zero-order valence-corrected chi connectivity index (χ0v) is 10.7. The van der Waals surface area contributed by atoms with Gasteiger partial charge in [0, 0.05) is 6.07 Å². The van der Waals surface area contributed by atoms with E-state index in [1.54, 1.807) is 37.4 Å². The Morgan fingerprint density at radius 2 is 2.05 bits per heavy atom. The van der Waals surface area contributed by atoms with Gasteiger partial charge < -0.3 is 9.15 Å². The molecule has 4 aromatic rings. The Hall–Kier alpha value is -2.82. The number of imidazole rings is 1. The maximum atomic E-state index is 12.6. The van der Waals surface area contributed by atoms with E-state index in [1.165, 1.54) is 4.40 Å². The molecular formula is C15H10N2O3. The Kier molecular flexibility index (Phi) is 2.12. The summed E-state index contributed by atoms with van der Waals surface area (Å²) in [7, 11) is 1.59. The molecule has 0 aliphatic carbocycles. The summed E-state index contributed by atoms with van der Waals surface area (Å²) < 4.78 is 12.4. The molecule has 0 aliphatic rings. The molecule has 0 aliphatic heterocycles. The highest BCUT2D eigenvalue weighted by Gasteiger charge is 2.13. The first-order valence-corrected chi connectivity index (χ1v) is 6.16. The smallest absolute Gasteiger partial charge is 0.310 e. The third-order valence-corrected chi connectivity index (χ3v) is 3.35. The van der Waals surface area contributed by atoms with Crippen molar-refractivity contribution in [2.24, 2.45) is 0 Å². The van der Waals surface area contributed by atoms with Crippen molar-refractivity contribution in [3.05, 3.63) is 52.8 Å². The number of para-hydroxylation sites is 1. The molecule has 0 saturated carbocycles. The first-order valence-electron chi connectivity index (χ1n) is 6.16. The predicted molar refractivity (Wildman–Crippen MR) is 75.3 cm³/mol. The monoisotopic (exact) mass is 266 g/mol. The SMILES string of the molecule is COc1ccc2nc3oc4ccccc4c(=O)n3c2c1. The summed E-state index contributed by atoms with van der Waals surface area (Å²) in [5.41, 5.74) is 1.77. The molecule has 0 fully saturated rings. The van der Waals surface area contributed by atoms with Gasteiger partial charge >= 0.3 is 5.84 Å². The highest BCUT2D eigenvalue weighted by atomic mass is 16.5. The van der Waals surface area contributed by atoms with E-state index in [0.29, 0.717) is 27.8 Å². The molecule has 2 heterocycles. The van der Waals surface area contributed by atoms with E-state index >= 15 is 0 Å². The lowest BCUT2D eigenvalue weighted by molar-refractivity contribution is 0.415. The number of hydrogen-bond acceptors (Lipinski definition) is 4. The molecule has 0 saturated heterocycles. The molecule has 20 heavy (non-hydrogen) atoms. The Balaban J connectivity index is 2.27. The summed E-state index contributed by atoms with van der Waals surface area (Å²) in [6.45, 7) is 0. The van der Waals surface area contributed by atoms with Gasteiger partial charge in [0.05, 0.1) is 23.5 Å². The van der Waals surface area contributed by atoms with Gasteiger partial charge in [0.1, 0.15) is 11.3 Å². The third kappa shape index (κ3) is 1.37. The van der Waals surface area contributed by atoms with Crippen LogP contribution in [0, 0.1) is 0 Å². The van der Waals surface area contributed by atoms with Gasteiger partial charge in [0.15, 0.2) is 0 Å². The number of fused-ring (bicyclic) bond motifs is 4. The van der Waals surface area contributed by atoms with Crippen LogP contribution in [0.3, 0.4) is 0 Å². The van der Waals surface area contributed by atoms with Crippen molar-refractivity contribution in [3.63, 3.8) is 0 Å². The fourth-order valence-corrected chi connectivity index (χ4v) is 2.38. The number of aromatic nitrogens is 2. The summed E-state index contributed by atoms with van der Waals surface area (Å²) in [5, 5.41) is 0.530. The zero-order chi connectivity index (χ0) is 13.7. The largest absolute Gasteiger partial charge is 0.497 e. The maximum absolute atomic E-state index is 12.6. The molecule has 2 aromatic heterocycles. The fourth-order valence-electron chi connectivity index (χ4n) is 2.38. The number of hydrogen-bond donors (Lipinski definition) is 0. The minimum absolute atomic E-state index is 0.141. The van der Waals surface area contributed by atoms with Gasteiger partial charge in [-0.2, -0.15) is 4.98 Å². The van der Waals surface area contributed by atoms with E-state index in [-0.39, 0.29) is 11.4 Å².